The molecule has 0 bridgehead atoms. The van der Waals surface area contributed by atoms with E-state index in [4.69, 9.17) is 0 Å². The second kappa shape index (κ2) is 5.46. The minimum absolute atomic E-state index is 0.303. The molecule has 1 N–H and O–H groups in total. The Bertz CT molecular complexity index is 527. The van der Waals surface area contributed by atoms with E-state index in [9.17, 15) is 9.50 Å². The molecule has 0 fully saturated rings. The molecule has 0 aliphatic rings. The third-order valence-electron chi connectivity index (χ3n) is 2.44. The highest BCUT2D eigenvalue weighted by molar-refractivity contribution is 14.1. The van der Waals surface area contributed by atoms with Crippen LogP contribution in [0.4, 0.5) is 4.39 Å². The van der Waals surface area contributed by atoms with Gasteiger partial charge in [-0.15, -0.1) is 0 Å². The van der Waals surface area contributed by atoms with E-state index in [1.807, 2.05) is 18.2 Å². The van der Waals surface area contributed by atoms with Gasteiger partial charge in [0.05, 0.1) is 0 Å². The van der Waals surface area contributed by atoms with E-state index < -0.39 is 6.10 Å². The van der Waals surface area contributed by atoms with E-state index >= 15 is 0 Å². The largest absolute Gasteiger partial charge is 0.384 e. The third kappa shape index (κ3) is 3.05. The van der Waals surface area contributed by atoms with E-state index in [0.29, 0.717) is 5.56 Å². The molecule has 1 nitrogen and oxygen atoms in total. The number of hydrogen-bond acceptors (Lipinski definition) is 1. The molecule has 0 heterocycles. The quantitative estimate of drug-likeness (QED) is 0.738. The molecule has 2 aromatic rings. The predicted octanol–water partition coefficient (Wildman–Crippen LogP) is 4.27. The Morgan fingerprint density at radius 1 is 1.12 bits per heavy atom. The summed E-state index contributed by atoms with van der Waals surface area (Å²) in [5.41, 5.74) is 1.46. The van der Waals surface area contributed by atoms with Crippen molar-refractivity contribution in [1.82, 2.24) is 0 Å². The minimum atomic E-state index is -0.750. The molecule has 0 aliphatic carbocycles. The maximum Gasteiger partial charge on any atom is 0.123 e. The molecule has 0 aliphatic heterocycles. The summed E-state index contributed by atoms with van der Waals surface area (Å²) in [7, 11) is 0. The molecule has 0 radical (unpaired) electrons. The normalized spacial score (nSPS) is 12.5. The molecule has 0 spiro atoms. The van der Waals surface area contributed by atoms with Crippen LogP contribution < -0.4 is 0 Å². The van der Waals surface area contributed by atoms with Crippen LogP contribution in [-0.2, 0) is 0 Å². The summed E-state index contributed by atoms with van der Waals surface area (Å²) in [4.78, 5) is 0. The average Bonchev–Trinajstić information content (AvgIpc) is 2.32. The summed E-state index contributed by atoms with van der Waals surface area (Å²) < 4.78 is 14.7. The lowest BCUT2D eigenvalue weighted by Gasteiger charge is -2.13. The van der Waals surface area contributed by atoms with E-state index in [-0.39, 0.29) is 5.82 Å². The van der Waals surface area contributed by atoms with Crippen LogP contribution in [0, 0.1) is 9.39 Å². The molecule has 1 atom stereocenters. The van der Waals surface area contributed by atoms with Crippen LogP contribution in [-0.4, -0.2) is 5.11 Å². The van der Waals surface area contributed by atoms with Crippen molar-refractivity contribution in [2.75, 3.05) is 0 Å². The lowest BCUT2D eigenvalue weighted by molar-refractivity contribution is 0.219. The standard InChI is InChI=1S/C13H9BrFIO/c14-12-6-5-10(16)7-11(12)13(17)8-1-3-9(15)4-2-8/h1-7,13,17H. The van der Waals surface area contributed by atoms with E-state index in [0.717, 1.165) is 13.6 Å². The molecule has 1 unspecified atom stereocenters. The number of aliphatic hydroxyl groups is 1. The minimum Gasteiger partial charge on any atom is -0.384 e. The Morgan fingerprint density at radius 2 is 1.76 bits per heavy atom. The molecule has 0 saturated carbocycles. The van der Waals surface area contributed by atoms with Crippen molar-refractivity contribution >= 4 is 38.5 Å². The van der Waals surface area contributed by atoms with Gasteiger partial charge in [-0.05, 0) is 58.5 Å². The second-order valence-electron chi connectivity index (χ2n) is 3.62. The van der Waals surface area contributed by atoms with E-state index in [2.05, 4.69) is 38.5 Å². The Kier molecular flexibility index (Phi) is 4.17. The molecule has 88 valence electrons. The van der Waals surface area contributed by atoms with Gasteiger partial charge in [-0.1, -0.05) is 28.1 Å². The van der Waals surface area contributed by atoms with Gasteiger partial charge >= 0.3 is 0 Å². The highest BCUT2D eigenvalue weighted by Crippen LogP contribution is 2.29. The van der Waals surface area contributed by atoms with E-state index in [1.165, 1.54) is 12.1 Å². The van der Waals surface area contributed by atoms with Gasteiger partial charge in [0, 0.05) is 13.6 Å². The first-order valence-electron chi connectivity index (χ1n) is 4.96. The molecule has 0 saturated heterocycles. The van der Waals surface area contributed by atoms with Crippen molar-refractivity contribution in [3.8, 4) is 0 Å². The van der Waals surface area contributed by atoms with Gasteiger partial charge in [-0.25, -0.2) is 4.39 Å². The highest BCUT2D eigenvalue weighted by Gasteiger charge is 2.14. The number of hydrogen-bond donors (Lipinski definition) is 1. The van der Waals surface area contributed by atoms with Gasteiger partial charge in [0.1, 0.15) is 11.9 Å². The average molecular weight is 407 g/mol. The summed E-state index contributed by atoms with van der Waals surface area (Å²) in [6, 6.07) is 11.6. The molecular weight excluding hydrogens is 398 g/mol. The summed E-state index contributed by atoms with van der Waals surface area (Å²) in [5, 5.41) is 10.2. The first-order valence-corrected chi connectivity index (χ1v) is 6.83. The van der Waals surface area contributed by atoms with Crippen LogP contribution in [0.25, 0.3) is 0 Å². The number of halogens is 3. The Balaban J connectivity index is 2.39. The zero-order valence-electron chi connectivity index (χ0n) is 8.70. The lowest BCUT2D eigenvalue weighted by Crippen LogP contribution is -2.01. The van der Waals surface area contributed by atoms with Gasteiger partial charge in [-0.2, -0.15) is 0 Å². The van der Waals surface area contributed by atoms with Gasteiger partial charge < -0.3 is 5.11 Å². The molecule has 0 aromatic heterocycles. The number of benzene rings is 2. The topological polar surface area (TPSA) is 20.2 Å². The van der Waals surface area contributed by atoms with Crippen molar-refractivity contribution in [3.63, 3.8) is 0 Å². The maximum absolute atomic E-state index is 12.8. The van der Waals surface area contributed by atoms with Crippen LogP contribution in [0.3, 0.4) is 0 Å². The number of aliphatic hydroxyl groups excluding tert-OH is 1. The van der Waals surface area contributed by atoms with Crippen LogP contribution in [0.1, 0.15) is 17.2 Å². The maximum atomic E-state index is 12.8. The molecule has 2 rings (SSSR count). The Hall–Kier alpha value is -0.460. The van der Waals surface area contributed by atoms with Crippen molar-refractivity contribution < 1.29 is 9.50 Å². The fourth-order valence-electron chi connectivity index (χ4n) is 1.55. The van der Waals surface area contributed by atoms with Crippen LogP contribution in [0.2, 0.25) is 0 Å². The molecular formula is C13H9BrFIO. The summed E-state index contributed by atoms with van der Waals surface area (Å²) in [6.07, 6.45) is -0.750. The van der Waals surface area contributed by atoms with Gasteiger partial charge in [0.25, 0.3) is 0 Å². The zero-order chi connectivity index (χ0) is 12.4. The fraction of sp³-hybridized carbons (Fsp3) is 0.0769. The molecule has 0 amide bonds. The lowest BCUT2D eigenvalue weighted by atomic mass is 10.0. The summed E-state index contributed by atoms with van der Waals surface area (Å²) >= 11 is 5.59. The molecule has 2 aromatic carbocycles. The summed E-state index contributed by atoms with van der Waals surface area (Å²) in [6.45, 7) is 0. The fourth-order valence-corrected chi connectivity index (χ4v) is 2.53. The van der Waals surface area contributed by atoms with Gasteiger partial charge in [0.2, 0.25) is 0 Å². The first-order chi connectivity index (χ1) is 8.08. The van der Waals surface area contributed by atoms with Gasteiger partial charge in [0.15, 0.2) is 0 Å². The van der Waals surface area contributed by atoms with Crippen LogP contribution >= 0.6 is 38.5 Å². The number of rotatable bonds is 2. The zero-order valence-corrected chi connectivity index (χ0v) is 12.4. The van der Waals surface area contributed by atoms with Gasteiger partial charge in [-0.3, -0.25) is 0 Å². The van der Waals surface area contributed by atoms with E-state index in [1.54, 1.807) is 12.1 Å². The van der Waals surface area contributed by atoms with Crippen molar-refractivity contribution in [3.05, 3.63) is 67.5 Å². The van der Waals surface area contributed by atoms with Crippen molar-refractivity contribution in [2.24, 2.45) is 0 Å². The van der Waals surface area contributed by atoms with Crippen molar-refractivity contribution in [1.29, 1.82) is 0 Å². The van der Waals surface area contributed by atoms with Crippen LogP contribution in [0.5, 0.6) is 0 Å². The summed E-state index contributed by atoms with van der Waals surface area (Å²) in [5.74, 6) is -0.303. The van der Waals surface area contributed by atoms with Crippen molar-refractivity contribution in [2.45, 2.75) is 6.10 Å². The monoisotopic (exact) mass is 406 g/mol. The Labute approximate surface area is 121 Å². The SMILES string of the molecule is OC(c1ccc(F)cc1)c1cc(I)ccc1Br. The molecule has 17 heavy (non-hydrogen) atoms. The second-order valence-corrected chi connectivity index (χ2v) is 5.72. The first kappa shape index (κ1) is 13.0. The predicted molar refractivity (Wildman–Crippen MR) is 77.3 cm³/mol. The highest BCUT2D eigenvalue weighted by atomic mass is 127. The Morgan fingerprint density at radius 3 is 2.41 bits per heavy atom. The van der Waals surface area contributed by atoms with Crippen LogP contribution in [0.15, 0.2) is 46.9 Å². The smallest absolute Gasteiger partial charge is 0.123 e. The third-order valence-corrected chi connectivity index (χ3v) is 3.83. The molecule has 4 heteroatoms.